The molecule has 0 aliphatic heterocycles. The van der Waals surface area contributed by atoms with Crippen LogP contribution in [0.2, 0.25) is 0 Å². The quantitative estimate of drug-likeness (QED) is 0.368. The zero-order valence-electron chi connectivity index (χ0n) is 8.96. The molecule has 0 aromatic carbocycles. The van der Waals surface area contributed by atoms with Crippen molar-refractivity contribution in [1.82, 2.24) is 5.32 Å². The van der Waals surface area contributed by atoms with Gasteiger partial charge in [0.15, 0.2) is 0 Å². The van der Waals surface area contributed by atoms with Crippen LogP contribution in [-0.4, -0.2) is 39.1 Å². The molecule has 0 bridgehead atoms. The summed E-state index contributed by atoms with van der Waals surface area (Å²) in [5.74, 6) is 0. The Morgan fingerprint density at radius 3 is 2.62 bits per heavy atom. The molecule has 13 heavy (non-hydrogen) atoms. The summed E-state index contributed by atoms with van der Waals surface area (Å²) in [7, 11) is 3.56. The third-order valence-corrected chi connectivity index (χ3v) is 1.85. The molecule has 0 aromatic rings. The van der Waals surface area contributed by atoms with Gasteiger partial charge in [-0.1, -0.05) is 12.1 Å². The molecule has 0 saturated heterocycles. The topological polar surface area (TPSA) is 42.9 Å². The summed E-state index contributed by atoms with van der Waals surface area (Å²) in [6.45, 7) is 5.15. The second-order valence-electron chi connectivity index (χ2n) is 2.81. The van der Waals surface area contributed by atoms with Crippen LogP contribution in [0.25, 0.3) is 0 Å². The molecule has 1 unspecified atom stereocenters. The molecule has 0 fully saturated rings. The summed E-state index contributed by atoms with van der Waals surface area (Å²) in [6, 6.07) is 0.308. The number of oxime groups is 1. The maximum Gasteiger partial charge on any atom is 0.140 e. The number of methoxy groups -OCH3 is 1. The first kappa shape index (κ1) is 12.4. The summed E-state index contributed by atoms with van der Waals surface area (Å²) < 4.78 is 4.83. The highest BCUT2D eigenvalue weighted by atomic mass is 16.6. The van der Waals surface area contributed by atoms with E-state index in [2.05, 4.69) is 17.4 Å². The summed E-state index contributed by atoms with van der Waals surface area (Å²) in [4.78, 5) is 5.04. The molecule has 0 rings (SSSR count). The van der Waals surface area contributed by atoms with Gasteiger partial charge in [-0.05, 0) is 20.4 Å². The molecule has 0 spiro atoms. The lowest BCUT2D eigenvalue weighted by Crippen LogP contribution is -2.31. The van der Waals surface area contributed by atoms with Crippen molar-refractivity contribution < 1.29 is 9.57 Å². The van der Waals surface area contributed by atoms with Crippen molar-refractivity contribution in [1.29, 1.82) is 0 Å². The maximum absolute atomic E-state index is 5.04. The van der Waals surface area contributed by atoms with Crippen LogP contribution in [0.15, 0.2) is 5.16 Å². The van der Waals surface area contributed by atoms with Crippen molar-refractivity contribution in [2.45, 2.75) is 26.3 Å². The fraction of sp³-hybridized carbons (Fsp3) is 0.889. The van der Waals surface area contributed by atoms with Gasteiger partial charge < -0.3 is 14.9 Å². The lowest BCUT2D eigenvalue weighted by Gasteiger charge is -2.12. The molecule has 0 radical (unpaired) electrons. The van der Waals surface area contributed by atoms with Crippen LogP contribution in [0.3, 0.4) is 0 Å². The molecular weight excluding hydrogens is 168 g/mol. The Hall–Kier alpha value is -0.610. The van der Waals surface area contributed by atoms with E-state index >= 15 is 0 Å². The van der Waals surface area contributed by atoms with Crippen LogP contribution in [0, 0.1) is 0 Å². The lowest BCUT2D eigenvalue weighted by atomic mass is 10.1. The van der Waals surface area contributed by atoms with Crippen LogP contribution >= 0.6 is 0 Å². The van der Waals surface area contributed by atoms with Gasteiger partial charge in [-0.2, -0.15) is 0 Å². The smallest absolute Gasteiger partial charge is 0.140 e. The molecule has 1 N–H and O–H groups in total. The van der Waals surface area contributed by atoms with Crippen molar-refractivity contribution in [3.63, 3.8) is 0 Å². The van der Waals surface area contributed by atoms with Crippen molar-refractivity contribution in [3.05, 3.63) is 0 Å². The number of nitrogens with one attached hydrogen (secondary N) is 1. The van der Waals surface area contributed by atoms with Crippen molar-refractivity contribution >= 4 is 5.71 Å². The largest absolute Gasteiger partial charge is 0.393 e. The molecule has 0 aliphatic carbocycles. The second kappa shape index (κ2) is 8.01. The molecule has 4 nitrogen and oxygen atoms in total. The molecule has 0 heterocycles. The van der Waals surface area contributed by atoms with E-state index in [9.17, 15) is 0 Å². The summed E-state index contributed by atoms with van der Waals surface area (Å²) in [6.07, 6.45) is 1.01. The van der Waals surface area contributed by atoms with Gasteiger partial charge in [0.2, 0.25) is 0 Å². The Morgan fingerprint density at radius 1 is 1.46 bits per heavy atom. The Bertz CT molecular complexity index is 145. The van der Waals surface area contributed by atoms with E-state index in [1.807, 2.05) is 14.0 Å². The Morgan fingerprint density at radius 2 is 2.15 bits per heavy atom. The van der Waals surface area contributed by atoms with Gasteiger partial charge in [0, 0.05) is 13.2 Å². The summed E-state index contributed by atoms with van der Waals surface area (Å²) >= 11 is 0. The third-order valence-electron chi connectivity index (χ3n) is 1.85. The molecular formula is C9H20N2O2. The fourth-order valence-corrected chi connectivity index (χ4v) is 1.04. The van der Waals surface area contributed by atoms with E-state index < -0.39 is 0 Å². The Kier molecular flexibility index (Phi) is 7.63. The standard InChI is InChI=1S/C9H20N2O2/c1-5-9(10-3)8(2)11-13-7-6-12-4/h9-10H,5-7H2,1-4H3/b11-8+. The van der Waals surface area contributed by atoms with Crippen LogP contribution in [0.1, 0.15) is 20.3 Å². The molecule has 0 amide bonds. The number of ether oxygens (including phenoxy) is 1. The van der Waals surface area contributed by atoms with Gasteiger partial charge in [0.1, 0.15) is 6.61 Å². The summed E-state index contributed by atoms with van der Waals surface area (Å²) in [5, 5.41) is 7.13. The van der Waals surface area contributed by atoms with Gasteiger partial charge in [-0.25, -0.2) is 0 Å². The minimum atomic E-state index is 0.308. The van der Waals surface area contributed by atoms with Gasteiger partial charge in [-0.3, -0.25) is 0 Å². The van der Waals surface area contributed by atoms with Crippen LogP contribution < -0.4 is 5.32 Å². The number of rotatable bonds is 7. The fourth-order valence-electron chi connectivity index (χ4n) is 1.04. The van der Waals surface area contributed by atoms with E-state index in [1.165, 1.54) is 0 Å². The minimum absolute atomic E-state index is 0.308. The second-order valence-corrected chi connectivity index (χ2v) is 2.81. The normalized spacial score (nSPS) is 14.3. The number of hydrogen-bond donors (Lipinski definition) is 1. The summed E-state index contributed by atoms with van der Waals surface area (Å²) in [5.41, 5.74) is 0.973. The van der Waals surface area contributed by atoms with Gasteiger partial charge >= 0.3 is 0 Å². The first-order valence-corrected chi connectivity index (χ1v) is 4.58. The monoisotopic (exact) mass is 188 g/mol. The first-order chi connectivity index (χ1) is 6.26. The molecule has 1 atom stereocenters. The molecule has 4 heteroatoms. The number of hydrogen-bond acceptors (Lipinski definition) is 4. The van der Waals surface area contributed by atoms with E-state index in [4.69, 9.17) is 9.57 Å². The van der Waals surface area contributed by atoms with Crippen molar-refractivity contribution in [3.8, 4) is 0 Å². The molecule has 0 saturated carbocycles. The Balaban J connectivity index is 3.71. The van der Waals surface area contributed by atoms with E-state index in [0.29, 0.717) is 19.3 Å². The molecule has 0 aromatic heterocycles. The lowest BCUT2D eigenvalue weighted by molar-refractivity contribution is 0.0744. The van der Waals surface area contributed by atoms with Crippen LogP contribution in [-0.2, 0) is 9.57 Å². The van der Waals surface area contributed by atoms with E-state index in [1.54, 1.807) is 7.11 Å². The van der Waals surface area contributed by atoms with Crippen LogP contribution in [0.5, 0.6) is 0 Å². The molecule has 0 aliphatic rings. The average Bonchev–Trinajstić information content (AvgIpc) is 2.14. The molecule has 78 valence electrons. The van der Waals surface area contributed by atoms with Gasteiger partial charge in [0.05, 0.1) is 12.3 Å². The van der Waals surface area contributed by atoms with E-state index in [-0.39, 0.29) is 0 Å². The number of nitrogens with zero attached hydrogens (tertiary/aromatic N) is 1. The zero-order chi connectivity index (χ0) is 10.1. The highest BCUT2D eigenvalue weighted by Crippen LogP contribution is 1.94. The predicted molar refractivity (Wildman–Crippen MR) is 54.1 cm³/mol. The van der Waals surface area contributed by atoms with Gasteiger partial charge in [-0.15, -0.1) is 0 Å². The minimum Gasteiger partial charge on any atom is -0.393 e. The van der Waals surface area contributed by atoms with Crippen molar-refractivity contribution in [2.24, 2.45) is 5.16 Å². The zero-order valence-corrected chi connectivity index (χ0v) is 8.96. The highest BCUT2D eigenvalue weighted by molar-refractivity contribution is 5.86. The Labute approximate surface area is 80.3 Å². The maximum atomic E-state index is 5.04. The third kappa shape index (κ3) is 5.60. The first-order valence-electron chi connectivity index (χ1n) is 4.58. The predicted octanol–water partition coefficient (Wildman–Crippen LogP) is 1.02. The van der Waals surface area contributed by atoms with Gasteiger partial charge in [0.25, 0.3) is 0 Å². The average molecular weight is 188 g/mol. The highest BCUT2D eigenvalue weighted by Gasteiger charge is 2.06. The van der Waals surface area contributed by atoms with Crippen LogP contribution in [0.4, 0.5) is 0 Å². The van der Waals surface area contributed by atoms with Crippen molar-refractivity contribution in [2.75, 3.05) is 27.4 Å². The van der Waals surface area contributed by atoms with E-state index in [0.717, 1.165) is 12.1 Å². The SMILES string of the molecule is CCC(NC)/C(C)=N/OCCOC.